The number of nitrogens with zero attached hydrogens (tertiary/aromatic N) is 2. The van der Waals surface area contributed by atoms with Gasteiger partial charge in [-0.15, -0.1) is 0 Å². The molecular weight excluding hydrogens is 395 g/mol. The van der Waals surface area contributed by atoms with Crippen molar-refractivity contribution < 1.29 is 13.9 Å². The van der Waals surface area contributed by atoms with Crippen LogP contribution in [0, 0.1) is 39.8 Å². The third-order valence-corrected chi connectivity index (χ3v) is 7.29. The summed E-state index contributed by atoms with van der Waals surface area (Å²) in [5.74, 6) is 1.07. The summed E-state index contributed by atoms with van der Waals surface area (Å²) >= 11 is 0. The number of allylic oxidation sites excluding steroid dienone is 1. The van der Waals surface area contributed by atoms with Gasteiger partial charge in [0.2, 0.25) is 5.91 Å². The van der Waals surface area contributed by atoms with Gasteiger partial charge in [-0.1, -0.05) is 0 Å². The molecule has 2 aliphatic carbocycles. The fourth-order valence-electron chi connectivity index (χ4n) is 5.26. The molecule has 162 valence electrons. The Morgan fingerprint density at radius 1 is 1.29 bits per heavy atom. The molecule has 1 aromatic carbocycles. The van der Waals surface area contributed by atoms with E-state index >= 15 is 0 Å². The predicted molar refractivity (Wildman–Crippen MR) is 115 cm³/mol. The zero-order valence-corrected chi connectivity index (χ0v) is 17.5. The first-order chi connectivity index (χ1) is 15.1. The number of aliphatic imine (C=N–C) groups is 1. The highest BCUT2D eigenvalue weighted by Crippen LogP contribution is 2.74. The van der Waals surface area contributed by atoms with Gasteiger partial charge in [0.05, 0.1) is 22.7 Å². The number of halogens is 1. The average Bonchev–Trinajstić information content (AvgIpc) is 3.66. The minimum atomic E-state index is -0.580. The van der Waals surface area contributed by atoms with Crippen LogP contribution in [0.5, 0.6) is 0 Å². The number of rotatable bonds is 6. The van der Waals surface area contributed by atoms with Gasteiger partial charge in [-0.05, 0) is 74.6 Å². The fourth-order valence-corrected chi connectivity index (χ4v) is 5.26. The van der Waals surface area contributed by atoms with Crippen LogP contribution in [0.2, 0.25) is 0 Å². The molecule has 1 amide bonds. The Labute approximate surface area is 181 Å². The lowest BCUT2D eigenvalue weighted by atomic mass is 9.86. The van der Waals surface area contributed by atoms with Crippen LogP contribution in [-0.2, 0) is 9.53 Å². The summed E-state index contributed by atoms with van der Waals surface area (Å²) in [7, 11) is 0. The van der Waals surface area contributed by atoms with E-state index in [2.05, 4.69) is 15.6 Å². The number of carbonyl (C=O) groups excluding carboxylic acids is 1. The summed E-state index contributed by atoms with van der Waals surface area (Å²) < 4.78 is 19.8. The fraction of sp³-hybridized carbons (Fsp3) is 0.542. The van der Waals surface area contributed by atoms with Gasteiger partial charge in [-0.25, -0.2) is 9.38 Å². The van der Waals surface area contributed by atoms with Crippen LogP contribution in [0.3, 0.4) is 0 Å². The molecule has 2 heterocycles. The zero-order valence-electron chi connectivity index (χ0n) is 17.5. The molecule has 1 aromatic rings. The molecule has 1 saturated heterocycles. The van der Waals surface area contributed by atoms with E-state index in [4.69, 9.17) is 10.00 Å². The van der Waals surface area contributed by atoms with Crippen LogP contribution in [-0.4, -0.2) is 31.9 Å². The number of nitriles is 1. The Hall–Kier alpha value is -2.72. The molecule has 3 unspecified atom stereocenters. The number of hydrogen-bond donors (Lipinski definition) is 2. The van der Waals surface area contributed by atoms with E-state index in [1.807, 2.05) is 12.1 Å². The molecule has 0 bridgehead atoms. The third-order valence-electron chi connectivity index (χ3n) is 7.29. The van der Waals surface area contributed by atoms with Crippen LogP contribution in [0.4, 0.5) is 10.1 Å². The van der Waals surface area contributed by atoms with E-state index in [1.165, 1.54) is 6.07 Å². The monoisotopic (exact) mass is 422 g/mol. The largest absolute Gasteiger partial charge is 0.381 e. The molecule has 3 atom stereocenters. The van der Waals surface area contributed by atoms with Gasteiger partial charge in [-0.2, -0.15) is 5.26 Å². The Morgan fingerprint density at radius 3 is 2.94 bits per heavy atom. The number of fused-ring (bicyclic) bond motifs is 1. The standard InChI is InChI=1S/C24H27FN4O2/c25-19-10-17(12-26)3-6-20(19)29-21-11-23(18-4-5-18)14-24(23,15-28-21)22(30)27-13-16-2-1-8-31-9-7-16/h3,6,10-11,15-16,18,29H,1-2,4-5,7-9,13-14H2,(H,27,30). The highest BCUT2D eigenvalue weighted by molar-refractivity contribution is 6.05. The van der Waals surface area contributed by atoms with Crippen molar-refractivity contribution in [2.75, 3.05) is 25.1 Å². The minimum absolute atomic E-state index is 0.0631. The topological polar surface area (TPSA) is 86.5 Å². The molecule has 0 spiro atoms. The first-order valence-corrected chi connectivity index (χ1v) is 11.2. The molecule has 31 heavy (non-hydrogen) atoms. The van der Waals surface area contributed by atoms with E-state index in [1.54, 1.807) is 18.3 Å². The van der Waals surface area contributed by atoms with Gasteiger partial charge in [-0.3, -0.25) is 4.79 Å². The number of hydrogen-bond acceptors (Lipinski definition) is 5. The lowest BCUT2D eigenvalue weighted by molar-refractivity contribution is -0.125. The second kappa shape index (κ2) is 7.76. The van der Waals surface area contributed by atoms with Gasteiger partial charge in [0, 0.05) is 31.4 Å². The quantitative estimate of drug-likeness (QED) is 0.731. The van der Waals surface area contributed by atoms with Crippen molar-refractivity contribution in [1.29, 1.82) is 5.26 Å². The van der Waals surface area contributed by atoms with Crippen LogP contribution in [0.25, 0.3) is 0 Å². The third kappa shape index (κ3) is 3.63. The van der Waals surface area contributed by atoms with Crippen molar-refractivity contribution in [3.05, 3.63) is 41.5 Å². The molecule has 0 aromatic heterocycles. The van der Waals surface area contributed by atoms with E-state index in [9.17, 15) is 9.18 Å². The van der Waals surface area contributed by atoms with Crippen molar-refractivity contribution >= 4 is 17.8 Å². The number of carbonyl (C=O) groups is 1. The first kappa shape index (κ1) is 20.2. The second-order valence-corrected chi connectivity index (χ2v) is 9.30. The summed E-state index contributed by atoms with van der Waals surface area (Å²) in [4.78, 5) is 17.7. The maximum Gasteiger partial charge on any atom is 0.232 e. The second-order valence-electron chi connectivity index (χ2n) is 9.30. The van der Waals surface area contributed by atoms with Crippen molar-refractivity contribution in [2.45, 2.75) is 38.5 Å². The average molecular weight is 423 g/mol. The highest BCUT2D eigenvalue weighted by atomic mass is 19.1. The Balaban J connectivity index is 1.29. The molecule has 4 aliphatic rings. The van der Waals surface area contributed by atoms with E-state index in [0.29, 0.717) is 24.2 Å². The van der Waals surface area contributed by atoms with Crippen LogP contribution >= 0.6 is 0 Å². The summed E-state index contributed by atoms with van der Waals surface area (Å²) in [5, 5.41) is 15.2. The SMILES string of the molecule is N#Cc1ccc(NC2=CC3(C4CC4)CC3(C(=O)NCC3CCCOCC3)C=N2)c(F)c1. The number of amides is 1. The zero-order chi connectivity index (χ0) is 21.5. The Morgan fingerprint density at radius 2 is 2.16 bits per heavy atom. The van der Waals surface area contributed by atoms with Crippen LogP contribution < -0.4 is 10.6 Å². The summed E-state index contributed by atoms with van der Waals surface area (Å²) in [6.07, 6.45) is 9.91. The van der Waals surface area contributed by atoms with Gasteiger partial charge >= 0.3 is 0 Å². The van der Waals surface area contributed by atoms with Gasteiger partial charge < -0.3 is 15.4 Å². The highest BCUT2D eigenvalue weighted by Gasteiger charge is 2.75. The number of ether oxygens (including phenoxy) is 1. The molecule has 5 rings (SSSR count). The summed E-state index contributed by atoms with van der Waals surface area (Å²) in [6.45, 7) is 2.26. The molecule has 2 aliphatic heterocycles. The van der Waals surface area contributed by atoms with E-state index < -0.39 is 11.2 Å². The van der Waals surface area contributed by atoms with Crippen LogP contribution in [0.1, 0.15) is 44.1 Å². The lowest BCUT2D eigenvalue weighted by Crippen LogP contribution is -2.40. The van der Waals surface area contributed by atoms with Crippen molar-refractivity contribution in [2.24, 2.45) is 27.7 Å². The molecule has 6 nitrogen and oxygen atoms in total. The Bertz CT molecular complexity index is 988. The summed E-state index contributed by atoms with van der Waals surface area (Å²) in [5.41, 5.74) is -0.251. The number of anilines is 1. The number of nitrogens with one attached hydrogen (secondary N) is 2. The molecule has 2 N–H and O–H groups in total. The van der Waals surface area contributed by atoms with Crippen molar-refractivity contribution in [1.82, 2.24) is 5.32 Å². The maximum atomic E-state index is 14.3. The molecular formula is C24H27FN4O2. The van der Waals surface area contributed by atoms with Gasteiger partial charge in [0.15, 0.2) is 0 Å². The lowest BCUT2D eigenvalue weighted by Gasteiger charge is -2.25. The molecule has 0 radical (unpaired) electrons. The number of benzene rings is 1. The van der Waals surface area contributed by atoms with E-state index in [-0.39, 0.29) is 22.6 Å². The molecule has 3 fully saturated rings. The smallest absolute Gasteiger partial charge is 0.232 e. The molecule has 2 saturated carbocycles. The van der Waals surface area contributed by atoms with Gasteiger partial charge in [0.1, 0.15) is 11.6 Å². The maximum absolute atomic E-state index is 14.3. The Kier molecular flexibility index (Phi) is 5.05. The predicted octanol–water partition coefficient (Wildman–Crippen LogP) is 3.75. The van der Waals surface area contributed by atoms with Crippen LogP contribution in [0.15, 0.2) is 35.1 Å². The van der Waals surface area contributed by atoms with E-state index in [0.717, 1.165) is 51.7 Å². The molecule has 7 heteroatoms. The van der Waals surface area contributed by atoms with Gasteiger partial charge in [0.25, 0.3) is 0 Å². The van der Waals surface area contributed by atoms with Crippen molar-refractivity contribution in [3.8, 4) is 6.07 Å². The van der Waals surface area contributed by atoms with Crippen molar-refractivity contribution in [3.63, 3.8) is 0 Å². The first-order valence-electron chi connectivity index (χ1n) is 11.2. The minimum Gasteiger partial charge on any atom is -0.381 e. The summed E-state index contributed by atoms with van der Waals surface area (Å²) in [6, 6.07) is 6.26. The normalized spacial score (nSPS) is 31.6.